The van der Waals surface area contributed by atoms with Crippen LogP contribution in [-0.4, -0.2) is 33.5 Å². The van der Waals surface area contributed by atoms with Crippen LogP contribution < -0.4 is 14.4 Å². The number of carbonyl (C=O) groups is 1. The number of rotatable bonds is 9. The average Bonchev–Trinajstić information content (AvgIpc) is 2.67. The lowest BCUT2D eigenvalue weighted by Crippen LogP contribution is -2.45. The number of anilines is 1. The first-order valence-electron chi connectivity index (χ1n) is 9.77. The molecule has 0 saturated heterocycles. The molecule has 2 rings (SSSR count). The van der Waals surface area contributed by atoms with Gasteiger partial charge in [-0.2, -0.15) is 0 Å². The SMILES string of the molecule is CCOc1ccccc1N(CC(=O)N[C@@H](C)C(C)C)S(=O)(=O)c1ccc(C)cc1. The number of hydrogen-bond donors (Lipinski definition) is 1. The number of nitrogens with one attached hydrogen (secondary N) is 1. The molecule has 0 saturated carbocycles. The van der Waals surface area contributed by atoms with E-state index in [1.165, 1.54) is 0 Å². The lowest BCUT2D eigenvalue weighted by atomic mass is 10.1. The minimum atomic E-state index is -3.97. The molecule has 1 atom stereocenters. The Labute approximate surface area is 173 Å². The van der Waals surface area contributed by atoms with Gasteiger partial charge in [0, 0.05) is 6.04 Å². The van der Waals surface area contributed by atoms with Gasteiger partial charge in [-0.3, -0.25) is 9.10 Å². The van der Waals surface area contributed by atoms with Crippen molar-refractivity contribution in [1.82, 2.24) is 5.32 Å². The van der Waals surface area contributed by atoms with E-state index in [1.54, 1.807) is 48.5 Å². The van der Waals surface area contributed by atoms with E-state index in [-0.39, 0.29) is 29.3 Å². The first-order valence-corrected chi connectivity index (χ1v) is 11.2. The largest absolute Gasteiger partial charge is 0.492 e. The molecule has 2 aromatic rings. The molecule has 0 unspecified atom stereocenters. The van der Waals surface area contributed by atoms with Crippen molar-refractivity contribution in [2.24, 2.45) is 5.92 Å². The summed E-state index contributed by atoms with van der Waals surface area (Å²) in [6, 6.07) is 13.3. The van der Waals surface area contributed by atoms with E-state index in [0.29, 0.717) is 18.0 Å². The Balaban J connectivity index is 2.48. The van der Waals surface area contributed by atoms with Crippen molar-refractivity contribution in [3.05, 3.63) is 54.1 Å². The summed E-state index contributed by atoms with van der Waals surface area (Å²) in [7, 11) is -3.97. The fourth-order valence-electron chi connectivity index (χ4n) is 2.67. The summed E-state index contributed by atoms with van der Waals surface area (Å²) in [6.45, 7) is 9.65. The summed E-state index contributed by atoms with van der Waals surface area (Å²) in [6.07, 6.45) is 0. The van der Waals surface area contributed by atoms with Crippen LogP contribution in [0.5, 0.6) is 5.75 Å². The Kier molecular flexibility index (Phi) is 7.67. The van der Waals surface area contributed by atoms with E-state index in [4.69, 9.17) is 4.74 Å². The van der Waals surface area contributed by atoms with Crippen molar-refractivity contribution in [2.45, 2.75) is 45.6 Å². The third-order valence-electron chi connectivity index (χ3n) is 4.72. The number of aryl methyl sites for hydroxylation is 1. The van der Waals surface area contributed by atoms with Gasteiger partial charge in [0.25, 0.3) is 10.0 Å². The molecule has 7 heteroatoms. The maximum atomic E-state index is 13.4. The van der Waals surface area contributed by atoms with Gasteiger partial charge in [-0.05, 0) is 51.0 Å². The minimum absolute atomic E-state index is 0.0754. The van der Waals surface area contributed by atoms with Crippen LogP contribution in [0.1, 0.15) is 33.3 Å². The Morgan fingerprint density at radius 1 is 1.07 bits per heavy atom. The molecule has 0 aliphatic rings. The third kappa shape index (κ3) is 5.73. The summed E-state index contributed by atoms with van der Waals surface area (Å²) in [5.41, 5.74) is 1.29. The first-order chi connectivity index (χ1) is 13.7. The molecule has 0 bridgehead atoms. The summed E-state index contributed by atoms with van der Waals surface area (Å²) in [5.74, 6) is 0.278. The summed E-state index contributed by atoms with van der Waals surface area (Å²) in [4.78, 5) is 12.8. The molecular weight excluding hydrogens is 388 g/mol. The van der Waals surface area contributed by atoms with Crippen molar-refractivity contribution < 1.29 is 17.9 Å². The molecule has 158 valence electrons. The van der Waals surface area contributed by atoms with Crippen LogP contribution in [-0.2, 0) is 14.8 Å². The fraction of sp³-hybridized carbons (Fsp3) is 0.409. The highest BCUT2D eigenvalue weighted by atomic mass is 32.2. The van der Waals surface area contributed by atoms with E-state index in [2.05, 4.69) is 5.32 Å². The van der Waals surface area contributed by atoms with Gasteiger partial charge in [0.15, 0.2) is 0 Å². The number of carbonyl (C=O) groups excluding carboxylic acids is 1. The monoisotopic (exact) mass is 418 g/mol. The standard InChI is InChI=1S/C22H30N2O4S/c1-6-28-21-10-8-7-9-20(21)24(15-22(25)23-18(5)16(2)3)29(26,27)19-13-11-17(4)12-14-19/h7-14,16,18H,6,15H2,1-5H3,(H,23,25)/t18-/m0/s1. The average molecular weight is 419 g/mol. The smallest absolute Gasteiger partial charge is 0.264 e. The van der Waals surface area contributed by atoms with E-state index < -0.39 is 10.0 Å². The van der Waals surface area contributed by atoms with Crippen LogP contribution in [0.2, 0.25) is 0 Å². The predicted octanol–water partition coefficient (Wildman–Crippen LogP) is 3.75. The predicted molar refractivity (Wildman–Crippen MR) is 116 cm³/mol. The lowest BCUT2D eigenvalue weighted by molar-refractivity contribution is -0.120. The van der Waals surface area contributed by atoms with Gasteiger partial charge in [0.05, 0.1) is 17.2 Å². The maximum absolute atomic E-state index is 13.4. The van der Waals surface area contributed by atoms with Crippen LogP contribution in [0, 0.1) is 12.8 Å². The van der Waals surface area contributed by atoms with Crippen molar-refractivity contribution in [3.8, 4) is 5.75 Å². The number of sulfonamides is 1. The number of para-hydroxylation sites is 2. The molecule has 0 aliphatic carbocycles. The zero-order valence-corrected chi connectivity index (χ0v) is 18.5. The van der Waals surface area contributed by atoms with Gasteiger partial charge in [-0.1, -0.05) is 43.7 Å². The molecule has 0 spiro atoms. The Morgan fingerprint density at radius 3 is 2.28 bits per heavy atom. The highest BCUT2D eigenvalue weighted by molar-refractivity contribution is 7.92. The fourth-order valence-corrected chi connectivity index (χ4v) is 4.11. The third-order valence-corrected chi connectivity index (χ3v) is 6.49. The molecule has 0 heterocycles. The van der Waals surface area contributed by atoms with Gasteiger partial charge < -0.3 is 10.1 Å². The van der Waals surface area contributed by atoms with E-state index in [1.807, 2.05) is 34.6 Å². The van der Waals surface area contributed by atoms with Crippen LogP contribution in [0.25, 0.3) is 0 Å². The Morgan fingerprint density at radius 2 is 1.69 bits per heavy atom. The van der Waals surface area contributed by atoms with Gasteiger partial charge >= 0.3 is 0 Å². The first kappa shape index (κ1) is 22.7. The molecule has 29 heavy (non-hydrogen) atoms. The number of benzene rings is 2. The van der Waals surface area contributed by atoms with E-state index in [9.17, 15) is 13.2 Å². The van der Waals surface area contributed by atoms with Crippen LogP contribution in [0.4, 0.5) is 5.69 Å². The molecule has 0 aromatic heterocycles. The lowest BCUT2D eigenvalue weighted by Gasteiger charge is -2.27. The van der Waals surface area contributed by atoms with Crippen molar-refractivity contribution in [3.63, 3.8) is 0 Å². The zero-order valence-electron chi connectivity index (χ0n) is 17.7. The highest BCUT2D eigenvalue weighted by Crippen LogP contribution is 2.32. The van der Waals surface area contributed by atoms with Gasteiger partial charge in [-0.25, -0.2) is 8.42 Å². The number of nitrogens with zero attached hydrogens (tertiary/aromatic N) is 1. The summed E-state index contributed by atoms with van der Waals surface area (Å²) in [5, 5.41) is 2.88. The van der Waals surface area contributed by atoms with Crippen molar-refractivity contribution in [2.75, 3.05) is 17.5 Å². The molecule has 1 amide bonds. The molecule has 6 nitrogen and oxygen atoms in total. The zero-order chi connectivity index (χ0) is 21.6. The summed E-state index contributed by atoms with van der Waals surface area (Å²) >= 11 is 0. The second-order valence-electron chi connectivity index (χ2n) is 7.33. The number of ether oxygens (including phenoxy) is 1. The van der Waals surface area contributed by atoms with Crippen LogP contribution in [0.3, 0.4) is 0 Å². The minimum Gasteiger partial charge on any atom is -0.492 e. The maximum Gasteiger partial charge on any atom is 0.264 e. The van der Waals surface area contributed by atoms with Crippen molar-refractivity contribution >= 4 is 21.6 Å². The van der Waals surface area contributed by atoms with Crippen LogP contribution in [0.15, 0.2) is 53.4 Å². The molecule has 0 aliphatic heterocycles. The van der Waals surface area contributed by atoms with Crippen LogP contribution >= 0.6 is 0 Å². The molecular formula is C22H30N2O4S. The molecule has 0 radical (unpaired) electrons. The Bertz CT molecular complexity index is 924. The second kappa shape index (κ2) is 9.78. The number of amides is 1. The van der Waals surface area contributed by atoms with Gasteiger partial charge in [0.1, 0.15) is 12.3 Å². The van der Waals surface area contributed by atoms with Gasteiger partial charge in [0.2, 0.25) is 5.91 Å². The quantitative estimate of drug-likeness (QED) is 0.673. The Hall–Kier alpha value is -2.54. The molecule has 1 N–H and O–H groups in total. The highest BCUT2D eigenvalue weighted by Gasteiger charge is 2.29. The molecule has 2 aromatic carbocycles. The van der Waals surface area contributed by atoms with Gasteiger partial charge in [-0.15, -0.1) is 0 Å². The summed E-state index contributed by atoms with van der Waals surface area (Å²) < 4.78 is 33.6. The normalized spacial score (nSPS) is 12.5. The molecule has 0 fully saturated rings. The van der Waals surface area contributed by atoms with E-state index >= 15 is 0 Å². The van der Waals surface area contributed by atoms with E-state index in [0.717, 1.165) is 9.87 Å². The number of hydrogen-bond acceptors (Lipinski definition) is 4. The topological polar surface area (TPSA) is 75.7 Å². The van der Waals surface area contributed by atoms with Crippen molar-refractivity contribution in [1.29, 1.82) is 0 Å². The second-order valence-corrected chi connectivity index (χ2v) is 9.19.